The number of aryl methyl sites for hydroxylation is 1. The number of benzene rings is 1. The minimum atomic E-state index is -0.560. The van der Waals surface area contributed by atoms with Gasteiger partial charge in [0.1, 0.15) is 11.7 Å². The van der Waals surface area contributed by atoms with Gasteiger partial charge in [0.2, 0.25) is 5.91 Å². The molecule has 1 saturated heterocycles. The topological polar surface area (TPSA) is 82.2 Å². The standard InChI is InChI=1S/C24H32N4O3/c1-15(2)22(21-11-16(3)26-31-21)23(30)27-14-18(29)12-20(27)19-13-24(4,5)28(25-19)17-9-7-6-8-10-17/h6-11,15,18,20,22,29H,12-14H2,1-5H3/t18-,20+,22?/m1/s1. The molecule has 7 nitrogen and oxygen atoms in total. The molecule has 3 atom stereocenters. The largest absolute Gasteiger partial charge is 0.391 e. The van der Waals surface area contributed by atoms with Gasteiger partial charge in [-0.15, -0.1) is 0 Å². The highest BCUT2D eigenvalue weighted by Crippen LogP contribution is 2.37. The summed E-state index contributed by atoms with van der Waals surface area (Å²) < 4.78 is 5.47. The van der Waals surface area contributed by atoms with E-state index in [0.29, 0.717) is 18.7 Å². The molecule has 0 saturated carbocycles. The van der Waals surface area contributed by atoms with Gasteiger partial charge < -0.3 is 14.5 Å². The van der Waals surface area contributed by atoms with Crippen LogP contribution in [0.4, 0.5) is 5.69 Å². The summed E-state index contributed by atoms with van der Waals surface area (Å²) in [6.07, 6.45) is 0.676. The summed E-state index contributed by atoms with van der Waals surface area (Å²) in [6, 6.07) is 11.7. The molecule has 1 amide bonds. The Balaban J connectivity index is 1.64. The van der Waals surface area contributed by atoms with E-state index in [0.717, 1.165) is 23.5 Å². The van der Waals surface area contributed by atoms with E-state index in [-0.39, 0.29) is 23.4 Å². The van der Waals surface area contributed by atoms with Crippen LogP contribution in [-0.4, -0.2) is 51.0 Å². The van der Waals surface area contributed by atoms with Crippen molar-refractivity contribution in [3.05, 3.63) is 47.9 Å². The molecule has 31 heavy (non-hydrogen) atoms. The van der Waals surface area contributed by atoms with Crippen molar-refractivity contribution in [1.82, 2.24) is 10.1 Å². The van der Waals surface area contributed by atoms with E-state index in [4.69, 9.17) is 9.62 Å². The number of amides is 1. The number of likely N-dealkylation sites (tertiary alicyclic amines) is 1. The van der Waals surface area contributed by atoms with Crippen LogP contribution in [0.1, 0.15) is 57.9 Å². The van der Waals surface area contributed by atoms with Crippen molar-refractivity contribution in [3.8, 4) is 0 Å². The second kappa shape index (κ2) is 8.11. The lowest BCUT2D eigenvalue weighted by Gasteiger charge is -2.31. The van der Waals surface area contributed by atoms with Crippen LogP contribution in [0, 0.1) is 12.8 Å². The first-order valence-electron chi connectivity index (χ1n) is 11.0. The number of aliphatic hydroxyl groups is 1. The van der Waals surface area contributed by atoms with Crippen LogP contribution in [-0.2, 0) is 4.79 Å². The van der Waals surface area contributed by atoms with Gasteiger partial charge in [0.25, 0.3) is 0 Å². The number of aromatic nitrogens is 1. The summed E-state index contributed by atoms with van der Waals surface area (Å²) in [4.78, 5) is 15.5. The number of para-hydroxylation sites is 1. The molecule has 166 valence electrons. The molecule has 0 aliphatic carbocycles. The van der Waals surface area contributed by atoms with Crippen molar-refractivity contribution in [1.29, 1.82) is 0 Å². The number of nitrogens with zero attached hydrogens (tertiary/aromatic N) is 4. The average Bonchev–Trinajstić information content (AvgIpc) is 3.39. The summed E-state index contributed by atoms with van der Waals surface area (Å²) in [5.41, 5.74) is 2.51. The van der Waals surface area contributed by atoms with Crippen molar-refractivity contribution in [2.45, 2.75) is 71.1 Å². The lowest BCUT2D eigenvalue weighted by Crippen LogP contribution is -2.44. The van der Waals surface area contributed by atoms with Gasteiger partial charge in [-0.1, -0.05) is 37.2 Å². The van der Waals surface area contributed by atoms with Crippen LogP contribution in [0.15, 0.2) is 46.0 Å². The Hall–Kier alpha value is -2.67. The van der Waals surface area contributed by atoms with E-state index < -0.39 is 12.0 Å². The van der Waals surface area contributed by atoms with Gasteiger partial charge in [-0.25, -0.2) is 0 Å². The van der Waals surface area contributed by atoms with E-state index >= 15 is 0 Å². The van der Waals surface area contributed by atoms with Gasteiger partial charge in [0.05, 0.1) is 34.8 Å². The summed E-state index contributed by atoms with van der Waals surface area (Å²) in [5.74, 6) is 0.152. The molecule has 0 spiro atoms. The number of hydrogen-bond donors (Lipinski definition) is 1. The van der Waals surface area contributed by atoms with Crippen LogP contribution in [0.2, 0.25) is 0 Å². The molecule has 1 unspecified atom stereocenters. The van der Waals surface area contributed by atoms with Gasteiger partial charge in [0.15, 0.2) is 0 Å². The number of rotatable bonds is 5. The maximum atomic E-state index is 13.7. The number of hydrogen-bond acceptors (Lipinski definition) is 6. The Morgan fingerprint density at radius 1 is 1.26 bits per heavy atom. The number of carbonyl (C=O) groups is 1. The fraction of sp³-hybridized carbons (Fsp3) is 0.542. The fourth-order valence-corrected chi connectivity index (χ4v) is 4.80. The van der Waals surface area contributed by atoms with Gasteiger partial charge in [0, 0.05) is 25.5 Å². The summed E-state index contributed by atoms with van der Waals surface area (Å²) in [6.45, 7) is 10.5. The smallest absolute Gasteiger partial charge is 0.234 e. The predicted molar refractivity (Wildman–Crippen MR) is 120 cm³/mol. The van der Waals surface area contributed by atoms with Crippen molar-refractivity contribution >= 4 is 17.3 Å². The second-order valence-corrected chi connectivity index (χ2v) is 9.72. The Bertz CT molecular complexity index is 966. The predicted octanol–water partition coefficient (Wildman–Crippen LogP) is 3.73. The first-order valence-corrected chi connectivity index (χ1v) is 11.0. The van der Waals surface area contributed by atoms with Gasteiger partial charge >= 0.3 is 0 Å². The molecule has 4 rings (SSSR count). The van der Waals surface area contributed by atoms with E-state index in [2.05, 4.69) is 19.0 Å². The lowest BCUT2D eigenvalue weighted by molar-refractivity contribution is -0.134. The van der Waals surface area contributed by atoms with Crippen LogP contribution in [0.25, 0.3) is 0 Å². The first kappa shape index (κ1) is 21.6. The second-order valence-electron chi connectivity index (χ2n) is 9.72. The summed E-state index contributed by atoms with van der Waals surface area (Å²) in [7, 11) is 0. The highest BCUT2D eigenvalue weighted by Gasteiger charge is 2.46. The normalized spacial score (nSPS) is 24.0. The lowest BCUT2D eigenvalue weighted by atomic mass is 9.90. The van der Waals surface area contributed by atoms with Crippen molar-refractivity contribution in [2.24, 2.45) is 11.0 Å². The quantitative estimate of drug-likeness (QED) is 0.791. The molecule has 1 aromatic heterocycles. The number of carbonyl (C=O) groups excluding carboxylic acids is 1. The molecule has 1 aromatic carbocycles. The first-order chi connectivity index (χ1) is 14.7. The summed E-state index contributed by atoms with van der Waals surface area (Å²) in [5, 5.41) is 21.5. The van der Waals surface area contributed by atoms with Gasteiger partial charge in [-0.2, -0.15) is 5.10 Å². The average molecular weight is 425 g/mol. The molecule has 0 bridgehead atoms. The number of hydrazone groups is 1. The van der Waals surface area contributed by atoms with Crippen LogP contribution < -0.4 is 5.01 Å². The van der Waals surface area contributed by atoms with Crippen molar-refractivity contribution < 1.29 is 14.4 Å². The SMILES string of the molecule is Cc1cc(C(C(=O)N2C[C@H](O)C[C@H]2C2=NN(c3ccccc3)C(C)(C)C2)C(C)C)on1. The molecule has 1 fully saturated rings. The summed E-state index contributed by atoms with van der Waals surface area (Å²) >= 11 is 0. The van der Waals surface area contributed by atoms with E-state index in [1.807, 2.05) is 62.2 Å². The zero-order chi connectivity index (χ0) is 22.3. The maximum Gasteiger partial charge on any atom is 0.234 e. The Morgan fingerprint density at radius 2 is 1.97 bits per heavy atom. The third-order valence-electron chi connectivity index (χ3n) is 6.25. The van der Waals surface area contributed by atoms with Gasteiger partial charge in [-0.3, -0.25) is 9.80 Å². The molecule has 2 aliphatic rings. The number of aliphatic hydroxyl groups excluding tert-OH is 1. The highest BCUT2D eigenvalue weighted by molar-refractivity contribution is 5.98. The molecule has 2 aromatic rings. The molecule has 0 radical (unpaired) electrons. The monoisotopic (exact) mass is 424 g/mol. The van der Waals surface area contributed by atoms with Crippen LogP contribution >= 0.6 is 0 Å². The minimum Gasteiger partial charge on any atom is -0.391 e. The zero-order valence-electron chi connectivity index (χ0n) is 18.9. The Kier molecular flexibility index (Phi) is 5.64. The molecule has 2 aliphatic heterocycles. The van der Waals surface area contributed by atoms with E-state index in [1.165, 1.54) is 0 Å². The molecule has 1 N–H and O–H groups in total. The van der Waals surface area contributed by atoms with Crippen molar-refractivity contribution in [3.63, 3.8) is 0 Å². The van der Waals surface area contributed by atoms with E-state index in [9.17, 15) is 9.90 Å². The third kappa shape index (κ3) is 4.11. The highest BCUT2D eigenvalue weighted by atomic mass is 16.5. The molecule has 3 heterocycles. The van der Waals surface area contributed by atoms with Crippen molar-refractivity contribution in [2.75, 3.05) is 11.6 Å². The van der Waals surface area contributed by atoms with Crippen LogP contribution in [0.3, 0.4) is 0 Å². The fourth-order valence-electron chi connectivity index (χ4n) is 4.80. The maximum absolute atomic E-state index is 13.7. The Morgan fingerprint density at radius 3 is 2.58 bits per heavy atom. The van der Waals surface area contributed by atoms with Crippen LogP contribution in [0.5, 0.6) is 0 Å². The minimum absolute atomic E-state index is 0.0358. The molecular weight excluding hydrogens is 392 g/mol. The molecular formula is C24H32N4O3. The van der Waals surface area contributed by atoms with E-state index in [1.54, 1.807) is 4.90 Å². The number of β-amino-alcohol motifs (C(OH)–C–C–N with tert-alkyl or cyclic N) is 1. The Labute approximate surface area is 183 Å². The molecule has 7 heteroatoms. The number of anilines is 1. The van der Waals surface area contributed by atoms with Gasteiger partial charge in [-0.05, 0) is 38.8 Å². The third-order valence-corrected chi connectivity index (χ3v) is 6.25. The zero-order valence-corrected chi connectivity index (χ0v) is 18.9.